The molecule has 1 heterocycles. The normalized spacial score (nSPS) is 11.8. The number of carbonyl (C=O) groups excluding carboxylic acids is 1. The largest absolute Gasteiger partial charge is 0.369 e. The lowest BCUT2D eigenvalue weighted by molar-refractivity contribution is -0.118. The quantitative estimate of drug-likeness (QED) is 0.817. The number of amides is 1. The third kappa shape index (κ3) is 3.32. The topological polar surface area (TPSA) is 93.4 Å². The Balaban J connectivity index is 3.18. The van der Waals surface area contributed by atoms with E-state index in [-0.39, 0.29) is 21.6 Å². The van der Waals surface area contributed by atoms with Gasteiger partial charge in [-0.15, -0.1) is 0 Å². The molecule has 1 amide bonds. The number of pyridine rings is 1. The number of halogens is 2. The molecule has 2 N–H and O–H groups in total. The molecular weight excluding hydrogens is 301 g/mol. The third-order valence-electron chi connectivity index (χ3n) is 2.09. The SMILES string of the molecule is CCN(CC(N)=O)S(=O)(=O)c1cnc(Cl)c(Cl)c1. The maximum atomic E-state index is 12.1. The van der Waals surface area contributed by atoms with E-state index in [0.717, 1.165) is 10.5 Å². The highest BCUT2D eigenvalue weighted by Crippen LogP contribution is 2.23. The monoisotopic (exact) mass is 311 g/mol. The van der Waals surface area contributed by atoms with Gasteiger partial charge in [-0.25, -0.2) is 13.4 Å². The summed E-state index contributed by atoms with van der Waals surface area (Å²) >= 11 is 11.3. The molecule has 0 aromatic carbocycles. The molecule has 0 unspecified atom stereocenters. The summed E-state index contributed by atoms with van der Waals surface area (Å²) in [6, 6.07) is 1.18. The van der Waals surface area contributed by atoms with Crippen LogP contribution in [-0.4, -0.2) is 36.7 Å². The molecule has 0 saturated heterocycles. The molecule has 0 aliphatic heterocycles. The number of hydrogen-bond acceptors (Lipinski definition) is 4. The van der Waals surface area contributed by atoms with Crippen LogP contribution in [0, 0.1) is 0 Å². The van der Waals surface area contributed by atoms with Gasteiger partial charge in [0.15, 0.2) is 0 Å². The molecule has 0 spiro atoms. The molecule has 1 rings (SSSR count). The smallest absolute Gasteiger partial charge is 0.245 e. The van der Waals surface area contributed by atoms with Crippen molar-refractivity contribution in [3.05, 3.63) is 22.4 Å². The summed E-state index contributed by atoms with van der Waals surface area (Å²) in [5.41, 5.74) is 4.99. The maximum Gasteiger partial charge on any atom is 0.245 e. The zero-order chi connectivity index (χ0) is 13.9. The van der Waals surface area contributed by atoms with Gasteiger partial charge >= 0.3 is 0 Å². The lowest BCUT2D eigenvalue weighted by Crippen LogP contribution is -2.38. The van der Waals surface area contributed by atoms with Crippen molar-refractivity contribution in [2.75, 3.05) is 13.1 Å². The van der Waals surface area contributed by atoms with Gasteiger partial charge in [-0.3, -0.25) is 4.79 Å². The second-order valence-electron chi connectivity index (χ2n) is 3.34. The van der Waals surface area contributed by atoms with E-state index in [4.69, 9.17) is 28.9 Å². The minimum Gasteiger partial charge on any atom is -0.369 e. The van der Waals surface area contributed by atoms with E-state index < -0.39 is 22.5 Å². The van der Waals surface area contributed by atoms with Crippen molar-refractivity contribution in [2.45, 2.75) is 11.8 Å². The summed E-state index contributed by atoms with van der Waals surface area (Å²) in [7, 11) is -3.86. The fourth-order valence-corrected chi connectivity index (χ4v) is 2.96. The van der Waals surface area contributed by atoms with Gasteiger partial charge in [-0.05, 0) is 6.07 Å². The summed E-state index contributed by atoms with van der Waals surface area (Å²) in [5.74, 6) is -0.742. The summed E-state index contributed by atoms with van der Waals surface area (Å²) < 4.78 is 25.2. The van der Waals surface area contributed by atoms with Gasteiger partial charge in [-0.2, -0.15) is 4.31 Å². The molecule has 9 heteroatoms. The van der Waals surface area contributed by atoms with Crippen LogP contribution < -0.4 is 5.73 Å². The summed E-state index contributed by atoms with van der Waals surface area (Å²) in [4.78, 5) is 14.3. The summed E-state index contributed by atoms with van der Waals surface area (Å²) in [6.45, 7) is 1.29. The fraction of sp³-hybridized carbons (Fsp3) is 0.333. The van der Waals surface area contributed by atoms with E-state index in [1.54, 1.807) is 6.92 Å². The van der Waals surface area contributed by atoms with Crippen LogP contribution >= 0.6 is 23.2 Å². The first-order chi connectivity index (χ1) is 8.28. The second kappa shape index (κ2) is 5.83. The molecule has 0 radical (unpaired) electrons. The van der Waals surface area contributed by atoms with E-state index in [1.165, 1.54) is 6.07 Å². The highest BCUT2D eigenvalue weighted by molar-refractivity contribution is 7.89. The van der Waals surface area contributed by atoms with Crippen molar-refractivity contribution in [3.63, 3.8) is 0 Å². The minimum absolute atomic E-state index is 0.00793. The van der Waals surface area contributed by atoms with Gasteiger partial charge in [-0.1, -0.05) is 30.1 Å². The van der Waals surface area contributed by atoms with Gasteiger partial charge < -0.3 is 5.73 Å². The number of sulfonamides is 1. The number of nitrogens with zero attached hydrogens (tertiary/aromatic N) is 2. The number of hydrogen-bond donors (Lipinski definition) is 1. The molecule has 1 aromatic rings. The van der Waals surface area contributed by atoms with Gasteiger partial charge in [0.1, 0.15) is 10.0 Å². The van der Waals surface area contributed by atoms with Crippen LogP contribution in [0.15, 0.2) is 17.2 Å². The van der Waals surface area contributed by atoms with Crippen molar-refractivity contribution in [1.29, 1.82) is 0 Å². The van der Waals surface area contributed by atoms with Crippen LogP contribution in [0.2, 0.25) is 10.2 Å². The maximum absolute atomic E-state index is 12.1. The predicted octanol–water partition coefficient (Wildman–Crippen LogP) is 0.884. The van der Waals surface area contributed by atoms with E-state index in [2.05, 4.69) is 4.98 Å². The van der Waals surface area contributed by atoms with Crippen LogP contribution in [0.25, 0.3) is 0 Å². The highest BCUT2D eigenvalue weighted by atomic mass is 35.5. The Bertz CT molecular complexity index is 562. The van der Waals surface area contributed by atoms with Crippen molar-refractivity contribution in [3.8, 4) is 0 Å². The Morgan fingerprint density at radius 2 is 2.11 bits per heavy atom. The number of primary amides is 1. The van der Waals surface area contributed by atoms with Crippen molar-refractivity contribution in [1.82, 2.24) is 9.29 Å². The number of aromatic nitrogens is 1. The zero-order valence-corrected chi connectivity index (χ0v) is 11.8. The molecule has 18 heavy (non-hydrogen) atoms. The van der Waals surface area contributed by atoms with Gasteiger partial charge in [0.25, 0.3) is 0 Å². The lowest BCUT2D eigenvalue weighted by Gasteiger charge is -2.18. The predicted molar refractivity (Wildman–Crippen MR) is 67.9 cm³/mol. The van der Waals surface area contributed by atoms with Crippen molar-refractivity contribution in [2.24, 2.45) is 5.73 Å². The van der Waals surface area contributed by atoms with E-state index >= 15 is 0 Å². The molecular formula is C9H11Cl2N3O3S. The van der Waals surface area contributed by atoms with Gasteiger partial charge in [0.05, 0.1) is 11.6 Å². The Labute approximate surface area is 115 Å². The van der Waals surface area contributed by atoms with Crippen LogP contribution in [0.1, 0.15) is 6.92 Å². The first kappa shape index (κ1) is 15.2. The van der Waals surface area contributed by atoms with Gasteiger partial charge in [0, 0.05) is 12.7 Å². The standard InChI is InChI=1S/C9H11Cl2N3O3S/c1-2-14(5-8(12)15)18(16,17)6-3-7(10)9(11)13-4-6/h3-4H,2,5H2,1H3,(H2,12,15). The third-order valence-corrected chi connectivity index (χ3v) is 4.67. The molecule has 0 atom stereocenters. The van der Waals surface area contributed by atoms with Crippen LogP contribution in [0.5, 0.6) is 0 Å². The Kier molecular flexibility index (Phi) is 4.92. The van der Waals surface area contributed by atoms with Crippen LogP contribution in [0.3, 0.4) is 0 Å². The van der Waals surface area contributed by atoms with Crippen molar-refractivity contribution < 1.29 is 13.2 Å². The average molecular weight is 312 g/mol. The molecule has 100 valence electrons. The van der Waals surface area contributed by atoms with E-state index in [0.29, 0.717) is 0 Å². The molecule has 0 fully saturated rings. The Morgan fingerprint density at radius 3 is 2.56 bits per heavy atom. The highest BCUT2D eigenvalue weighted by Gasteiger charge is 2.25. The molecule has 0 saturated carbocycles. The van der Waals surface area contributed by atoms with Crippen LogP contribution in [-0.2, 0) is 14.8 Å². The molecule has 1 aromatic heterocycles. The molecule has 0 aliphatic carbocycles. The Hall–Kier alpha value is -0.890. The van der Waals surface area contributed by atoms with E-state index in [9.17, 15) is 13.2 Å². The number of rotatable bonds is 5. The summed E-state index contributed by atoms with van der Waals surface area (Å²) in [5, 5.41) is 0.0291. The minimum atomic E-state index is -3.86. The lowest BCUT2D eigenvalue weighted by atomic mass is 10.5. The van der Waals surface area contributed by atoms with Gasteiger partial charge in [0.2, 0.25) is 15.9 Å². The molecule has 0 aliphatic rings. The second-order valence-corrected chi connectivity index (χ2v) is 6.04. The Morgan fingerprint density at radius 1 is 1.50 bits per heavy atom. The molecule has 6 nitrogen and oxygen atoms in total. The van der Waals surface area contributed by atoms with Crippen LogP contribution in [0.4, 0.5) is 0 Å². The fourth-order valence-electron chi connectivity index (χ4n) is 1.23. The average Bonchev–Trinajstić information content (AvgIpc) is 2.28. The van der Waals surface area contributed by atoms with E-state index in [1.807, 2.05) is 0 Å². The number of carbonyl (C=O) groups is 1. The van der Waals surface area contributed by atoms with Crippen molar-refractivity contribution >= 4 is 39.1 Å². The summed E-state index contributed by atoms with van der Waals surface area (Å²) in [6.07, 6.45) is 1.08. The molecule has 0 bridgehead atoms. The number of likely N-dealkylation sites (N-methyl/N-ethyl adjacent to an activating group) is 1. The zero-order valence-electron chi connectivity index (χ0n) is 9.43. The first-order valence-corrected chi connectivity index (χ1v) is 7.08. The first-order valence-electron chi connectivity index (χ1n) is 4.88. The number of nitrogens with two attached hydrogens (primary N) is 1.